The summed E-state index contributed by atoms with van der Waals surface area (Å²) < 4.78 is 13.4. The standard InChI is InChI=1S/C24H17Br2Cl2FN2O4/c25-20-14-8-15(21(20)26)19-18(14)23(34)31(24(19)35)30(9-17(32)10-1-4-12(29)5-2-10)22(33)13-6-3-11(27)7-16(13)28/h1-7,14-15,18-21H,8-9H2/t14-,15-,18-,19-,20+,21+/m1/s1. The molecule has 2 bridgehead atoms. The molecule has 1 aliphatic heterocycles. The Balaban J connectivity index is 1.53. The molecule has 1 saturated heterocycles. The monoisotopic (exact) mass is 644 g/mol. The summed E-state index contributed by atoms with van der Waals surface area (Å²) in [5.41, 5.74) is 0.118. The zero-order valence-electron chi connectivity index (χ0n) is 17.8. The SMILES string of the molecule is O=C(CN(C(=O)c1ccc(Cl)cc1Cl)N1C(=O)[C@@H]2[C@H]3C[C@@H]([C@H](Br)[C@H]3Br)[C@H]2C1=O)c1ccc(F)cc1. The number of carbonyl (C=O) groups excluding carboxylic acids is 4. The molecule has 0 radical (unpaired) electrons. The number of ketones is 1. The number of alkyl halides is 2. The first-order chi connectivity index (χ1) is 16.6. The van der Waals surface area contributed by atoms with Crippen LogP contribution in [0, 0.1) is 29.5 Å². The molecular weight excluding hydrogens is 630 g/mol. The molecule has 0 spiro atoms. The predicted molar refractivity (Wildman–Crippen MR) is 134 cm³/mol. The number of benzene rings is 2. The molecule has 35 heavy (non-hydrogen) atoms. The Morgan fingerprint density at radius 1 is 0.971 bits per heavy atom. The second kappa shape index (κ2) is 9.25. The summed E-state index contributed by atoms with van der Waals surface area (Å²) in [6.07, 6.45) is 0.720. The smallest absolute Gasteiger partial charge is 0.274 e. The van der Waals surface area contributed by atoms with Crippen molar-refractivity contribution in [1.82, 2.24) is 10.0 Å². The van der Waals surface area contributed by atoms with E-state index < -0.39 is 47.7 Å². The zero-order chi connectivity index (χ0) is 25.2. The lowest BCUT2D eigenvalue weighted by Gasteiger charge is -2.31. The molecule has 3 amide bonds. The van der Waals surface area contributed by atoms with Crippen LogP contribution in [0.2, 0.25) is 10.0 Å². The topological polar surface area (TPSA) is 74.8 Å². The number of Topliss-reactive ketones (excluding diaryl/α,β-unsaturated/α-hetero) is 1. The number of amides is 3. The Morgan fingerprint density at radius 3 is 2.09 bits per heavy atom. The lowest BCUT2D eigenvalue weighted by atomic mass is 9.81. The van der Waals surface area contributed by atoms with Crippen LogP contribution in [0.25, 0.3) is 0 Å². The first-order valence-corrected chi connectivity index (χ1v) is 13.4. The Labute approximate surface area is 226 Å². The van der Waals surface area contributed by atoms with Crippen molar-refractivity contribution in [1.29, 1.82) is 0 Å². The molecule has 2 aromatic carbocycles. The number of rotatable bonds is 5. The third-order valence-electron chi connectivity index (χ3n) is 7.06. The maximum Gasteiger partial charge on any atom is 0.274 e. The average molecular weight is 647 g/mol. The predicted octanol–water partition coefficient (Wildman–Crippen LogP) is 5.15. The average Bonchev–Trinajstić information content (AvgIpc) is 3.42. The second-order valence-corrected chi connectivity index (χ2v) is 11.9. The van der Waals surface area contributed by atoms with Gasteiger partial charge in [-0.15, -0.1) is 0 Å². The van der Waals surface area contributed by atoms with E-state index >= 15 is 0 Å². The summed E-state index contributed by atoms with van der Waals surface area (Å²) in [5, 5.41) is 1.98. The molecule has 5 rings (SSSR count). The summed E-state index contributed by atoms with van der Waals surface area (Å²) in [6, 6.07) is 9.00. The molecule has 182 valence electrons. The highest BCUT2D eigenvalue weighted by Gasteiger charge is 2.67. The Hall–Kier alpha value is -1.81. The van der Waals surface area contributed by atoms with Gasteiger partial charge in [-0.05, 0) is 60.7 Å². The highest BCUT2D eigenvalue weighted by molar-refractivity contribution is 9.12. The third kappa shape index (κ3) is 4.04. The van der Waals surface area contributed by atoms with E-state index in [1.165, 1.54) is 30.3 Å². The first-order valence-electron chi connectivity index (χ1n) is 10.8. The largest absolute Gasteiger partial charge is 0.292 e. The van der Waals surface area contributed by atoms with E-state index in [4.69, 9.17) is 23.2 Å². The number of halogens is 5. The van der Waals surface area contributed by atoms with Crippen molar-refractivity contribution in [2.24, 2.45) is 23.7 Å². The molecule has 11 heteroatoms. The third-order valence-corrected chi connectivity index (χ3v) is 10.8. The van der Waals surface area contributed by atoms with Gasteiger partial charge in [-0.25, -0.2) is 9.40 Å². The van der Waals surface area contributed by atoms with Gasteiger partial charge in [0.1, 0.15) is 12.4 Å². The van der Waals surface area contributed by atoms with Crippen LogP contribution in [0.5, 0.6) is 0 Å². The van der Waals surface area contributed by atoms with Crippen LogP contribution in [0.15, 0.2) is 42.5 Å². The molecule has 0 unspecified atom stereocenters. The maximum atomic E-state index is 13.6. The van der Waals surface area contributed by atoms with Gasteiger partial charge in [0, 0.05) is 20.2 Å². The molecule has 2 aliphatic carbocycles. The molecule has 1 heterocycles. The number of hydrogen-bond acceptors (Lipinski definition) is 4. The Bertz CT molecular complexity index is 1230. The lowest BCUT2D eigenvalue weighted by Crippen LogP contribution is -2.52. The molecule has 3 aliphatic rings. The van der Waals surface area contributed by atoms with Crippen molar-refractivity contribution in [3.05, 3.63) is 69.5 Å². The summed E-state index contributed by atoms with van der Waals surface area (Å²) in [7, 11) is 0. The summed E-state index contributed by atoms with van der Waals surface area (Å²) in [6.45, 7) is -0.606. The van der Waals surface area contributed by atoms with Crippen LogP contribution in [0.4, 0.5) is 4.39 Å². The Kier molecular flexibility index (Phi) is 6.57. The van der Waals surface area contributed by atoms with Crippen LogP contribution in [0.1, 0.15) is 27.1 Å². The van der Waals surface area contributed by atoms with E-state index in [0.717, 1.165) is 28.6 Å². The molecular formula is C24H17Br2Cl2FN2O4. The fourth-order valence-corrected chi connectivity index (χ4v) is 7.83. The number of fused-ring (bicyclic) bond motifs is 5. The number of imide groups is 1. The van der Waals surface area contributed by atoms with Crippen LogP contribution < -0.4 is 0 Å². The van der Waals surface area contributed by atoms with Gasteiger partial charge in [0.25, 0.3) is 17.7 Å². The maximum absolute atomic E-state index is 13.6. The fourth-order valence-electron chi connectivity index (χ4n) is 5.47. The van der Waals surface area contributed by atoms with Gasteiger partial charge in [-0.3, -0.25) is 19.2 Å². The van der Waals surface area contributed by atoms with Gasteiger partial charge in [0.05, 0.1) is 22.4 Å². The number of hydrazine groups is 1. The number of hydrogen-bond donors (Lipinski definition) is 0. The van der Waals surface area contributed by atoms with E-state index in [9.17, 15) is 23.6 Å². The fraction of sp³-hybridized carbons (Fsp3) is 0.333. The van der Waals surface area contributed by atoms with Gasteiger partial charge < -0.3 is 0 Å². The minimum Gasteiger partial charge on any atom is -0.292 e. The molecule has 2 aromatic rings. The van der Waals surface area contributed by atoms with E-state index in [2.05, 4.69) is 31.9 Å². The molecule has 0 N–H and O–H groups in total. The van der Waals surface area contributed by atoms with Gasteiger partial charge >= 0.3 is 0 Å². The molecule has 6 atom stereocenters. The lowest BCUT2D eigenvalue weighted by molar-refractivity contribution is -0.154. The summed E-state index contributed by atoms with van der Waals surface area (Å²) in [4.78, 5) is 53.9. The van der Waals surface area contributed by atoms with E-state index in [0.29, 0.717) is 5.02 Å². The summed E-state index contributed by atoms with van der Waals surface area (Å²) in [5.74, 6) is -4.21. The van der Waals surface area contributed by atoms with Crippen molar-refractivity contribution in [2.45, 2.75) is 16.1 Å². The van der Waals surface area contributed by atoms with Crippen LogP contribution >= 0.6 is 55.1 Å². The van der Waals surface area contributed by atoms with Crippen molar-refractivity contribution in [3.8, 4) is 0 Å². The van der Waals surface area contributed by atoms with Gasteiger partial charge in [-0.2, -0.15) is 5.01 Å². The van der Waals surface area contributed by atoms with E-state index in [1.54, 1.807) is 0 Å². The van der Waals surface area contributed by atoms with E-state index in [1.807, 2.05) is 0 Å². The zero-order valence-corrected chi connectivity index (χ0v) is 22.5. The Morgan fingerprint density at radius 2 is 1.54 bits per heavy atom. The normalized spacial score (nSPS) is 29.0. The van der Waals surface area contributed by atoms with Crippen LogP contribution in [0.3, 0.4) is 0 Å². The van der Waals surface area contributed by atoms with Gasteiger partial charge in [0.15, 0.2) is 5.78 Å². The van der Waals surface area contributed by atoms with Crippen LogP contribution in [-0.2, 0) is 9.59 Å². The summed E-state index contributed by atoms with van der Waals surface area (Å²) >= 11 is 19.5. The molecule has 2 saturated carbocycles. The minimum atomic E-state index is -0.790. The minimum absolute atomic E-state index is 0.0136. The van der Waals surface area contributed by atoms with Crippen molar-refractivity contribution in [2.75, 3.05) is 6.54 Å². The van der Waals surface area contributed by atoms with E-state index in [-0.39, 0.29) is 37.6 Å². The van der Waals surface area contributed by atoms with Crippen molar-refractivity contribution in [3.63, 3.8) is 0 Å². The highest BCUT2D eigenvalue weighted by atomic mass is 79.9. The van der Waals surface area contributed by atoms with Gasteiger partial charge in [-0.1, -0.05) is 55.1 Å². The second-order valence-electron chi connectivity index (χ2n) is 8.91. The highest BCUT2D eigenvalue weighted by Crippen LogP contribution is 2.60. The number of carbonyl (C=O) groups is 4. The molecule has 3 fully saturated rings. The van der Waals surface area contributed by atoms with Gasteiger partial charge in [0.2, 0.25) is 0 Å². The molecule has 6 nitrogen and oxygen atoms in total. The first kappa shape index (κ1) is 24.9. The number of nitrogens with zero attached hydrogens (tertiary/aromatic N) is 2. The van der Waals surface area contributed by atoms with Crippen LogP contribution in [-0.4, -0.2) is 49.7 Å². The van der Waals surface area contributed by atoms with Crippen molar-refractivity contribution < 1.29 is 23.6 Å². The molecule has 0 aromatic heterocycles. The quantitative estimate of drug-likeness (QED) is 0.256. The van der Waals surface area contributed by atoms with Crippen molar-refractivity contribution >= 4 is 78.6 Å².